The zero-order valence-corrected chi connectivity index (χ0v) is 20.7. The van der Waals surface area contributed by atoms with Gasteiger partial charge in [0.05, 0.1) is 46.0 Å². The van der Waals surface area contributed by atoms with E-state index in [4.69, 9.17) is 4.52 Å². The largest absolute Gasteiger partial charge is 0.393 e. The number of amides is 1. The lowest BCUT2D eigenvalue weighted by atomic mass is 10.1. The van der Waals surface area contributed by atoms with Crippen molar-refractivity contribution in [1.82, 2.24) is 30.1 Å². The van der Waals surface area contributed by atoms with Crippen molar-refractivity contribution in [3.05, 3.63) is 47.6 Å². The molecule has 1 fully saturated rings. The Balaban J connectivity index is 1.44. The molecule has 0 bridgehead atoms. The molecule has 4 heterocycles. The van der Waals surface area contributed by atoms with Crippen LogP contribution in [-0.2, 0) is 20.0 Å². The van der Waals surface area contributed by atoms with Crippen molar-refractivity contribution in [3.63, 3.8) is 0 Å². The molecule has 2 atom stereocenters. The molecule has 0 aliphatic carbocycles. The first-order valence-electron chi connectivity index (χ1n) is 11.4. The number of nitrogens with one attached hydrogen (secondary N) is 2. The number of aryl methyl sites for hydroxylation is 1. The minimum atomic E-state index is -4.48. The van der Waals surface area contributed by atoms with Gasteiger partial charge in [-0.3, -0.25) is 9.48 Å². The summed E-state index contributed by atoms with van der Waals surface area (Å²) in [6.45, 7) is 0.649. The second-order valence-electron chi connectivity index (χ2n) is 8.97. The smallest absolute Gasteiger partial charge is 0.377 e. The van der Waals surface area contributed by atoms with Gasteiger partial charge < -0.3 is 20.1 Å². The molecule has 1 amide bonds. The summed E-state index contributed by atoms with van der Waals surface area (Å²) in [4.78, 5) is 18.5. The molecule has 0 spiro atoms. The molecule has 1 aliphatic heterocycles. The predicted molar refractivity (Wildman–Crippen MR) is 129 cm³/mol. The van der Waals surface area contributed by atoms with Gasteiger partial charge in [-0.1, -0.05) is 17.3 Å². The van der Waals surface area contributed by atoms with E-state index in [9.17, 15) is 22.4 Å². The van der Waals surface area contributed by atoms with Crippen LogP contribution >= 0.6 is 11.3 Å². The van der Waals surface area contributed by atoms with Gasteiger partial charge in [0.25, 0.3) is 5.91 Å². The third kappa shape index (κ3) is 5.44. The molecular weight excluding hydrogens is 514 g/mol. The summed E-state index contributed by atoms with van der Waals surface area (Å²) in [7, 11) is 3.49. The first kappa shape index (κ1) is 25.1. The number of carbonyl (C=O) groups is 1. The molecule has 1 saturated heterocycles. The van der Waals surface area contributed by atoms with E-state index in [1.54, 1.807) is 25.2 Å². The van der Waals surface area contributed by atoms with Gasteiger partial charge in [-0.05, 0) is 24.1 Å². The highest BCUT2D eigenvalue weighted by Gasteiger charge is 2.34. The lowest BCUT2D eigenvalue weighted by molar-refractivity contribution is -0.126. The number of alkyl halides is 4. The van der Waals surface area contributed by atoms with E-state index in [0.29, 0.717) is 27.9 Å². The molecule has 0 unspecified atom stereocenters. The summed E-state index contributed by atoms with van der Waals surface area (Å²) in [5, 5.41) is 14.0. The van der Waals surface area contributed by atoms with Crippen molar-refractivity contribution in [2.45, 2.75) is 31.4 Å². The van der Waals surface area contributed by atoms with Crippen molar-refractivity contribution in [3.8, 4) is 10.7 Å². The number of carbonyl (C=O) groups excluding carboxylic acids is 1. The van der Waals surface area contributed by atoms with Crippen LogP contribution in [0, 0.1) is 0 Å². The van der Waals surface area contributed by atoms with E-state index in [-0.39, 0.29) is 35.2 Å². The zero-order chi connectivity index (χ0) is 26.3. The Morgan fingerprint density at radius 1 is 1.27 bits per heavy atom. The highest BCUT2D eigenvalue weighted by Crippen LogP contribution is 2.43. The number of halogens is 4. The second-order valence-corrected chi connectivity index (χ2v) is 9.99. The van der Waals surface area contributed by atoms with Crippen LogP contribution in [0.25, 0.3) is 20.8 Å². The summed E-state index contributed by atoms with van der Waals surface area (Å²) in [5.74, 6) is -0.386. The van der Waals surface area contributed by atoms with Crippen LogP contribution in [0.5, 0.6) is 0 Å². The highest BCUT2D eigenvalue weighted by molar-refractivity contribution is 7.23. The number of nitrogens with zero attached hydrogens (tertiary/aromatic N) is 5. The molecule has 196 valence electrons. The monoisotopic (exact) mass is 537 g/mol. The number of rotatable bonds is 7. The molecule has 0 saturated carbocycles. The Kier molecular flexibility index (Phi) is 6.62. The highest BCUT2D eigenvalue weighted by atomic mass is 32.1. The fourth-order valence-electron chi connectivity index (χ4n) is 4.34. The summed E-state index contributed by atoms with van der Waals surface area (Å²) in [6, 6.07) is 4.49. The summed E-state index contributed by atoms with van der Waals surface area (Å²) >= 11 is 1.09. The lowest BCUT2D eigenvalue weighted by Gasteiger charge is -2.16. The molecule has 4 aromatic rings. The predicted octanol–water partition coefficient (Wildman–Crippen LogP) is 3.78. The van der Waals surface area contributed by atoms with Gasteiger partial charge in [0.15, 0.2) is 0 Å². The van der Waals surface area contributed by atoms with E-state index >= 15 is 0 Å². The Morgan fingerprint density at radius 2 is 2.08 bits per heavy atom. The van der Waals surface area contributed by atoms with Crippen LogP contribution in [0.2, 0.25) is 0 Å². The fraction of sp³-hybridized carbons (Fsp3) is 0.391. The molecule has 37 heavy (non-hydrogen) atoms. The van der Waals surface area contributed by atoms with Crippen molar-refractivity contribution >= 4 is 33.0 Å². The maximum atomic E-state index is 14.4. The third-order valence-electron chi connectivity index (χ3n) is 6.01. The van der Waals surface area contributed by atoms with E-state index < -0.39 is 30.7 Å². The summed E-state index contributed by atoms with van der Waals surface area (Å²) in [5.41, 5.74) is 0.902. The number of fused-ring (bicyclic) bond motifs is 1. The average molecular weight is 538 g/mol. The molecule has 1 aromatic carbocycles. The Labute approximate surface area is 212 Å². The number of benzene rings is 1. The molecule has 0 radical (unpaired) electrons. The van der Waals surface area contributed by atoms with Gasteiger partial charge in [0.1, 0.15) is 6.17 Å². The SMILES string of the molecule is CN1C[C@H](F)[C@H](Nc2cccc3c(CC(F)(F)F)c(-c4noc(CNC(=O)c5cnn(C)c5)n4)sc23)C1. The normalized spacial score (nSPS) is 18.5. The number of hydrogen-bond acceptors (Lipinski definition) is 8. The standard InChI is InChI=1S/C23H23F4N7O2S/c1-33-10-15(24)17(11-33)30-16-5-3-4-13-14(6-23(25,26)27)20(37-19(13)16)21-31-18(36-32-21)8-28-22(35)12-7-29-34(2)9-12/h3-5,7,9,15,17,30H,6,8,10-11H2,1-2H3,(H,28,35)/t15-,17+/m0/s1. The Bertz CT molecular complexity index is 1430. The van der Waals surface area contributed by atoms with Crippen molar-refractivity contribution < 1.29 is 26.9 Å². The van der Waals surface area contributed by atoms with Crippen molar-refractivity contribution in [2.75, 3.05) is 25.5 Å². The fourth-order valence-corrected chi connectivity index (χ4v) is 5.56. The van der Waals surface area contributed by atoms with Gasteiger partial charge in [-0.15, -0.1) is 11.3 Å². The van der Waals surface area contributed by atoms with Gasteiger partial charge in [0.2, 0.25) is 11.7 Å². The number of aromatic nitrogens is 4. The van der Waals surface area contributed by atoms with Gasteiger partial charge >= 0.3 is 6.18 Å². The zero-order valence-electron chi connectivity index (χ0n) is 19.8. The van der Waals surface area contributed by atoms with Crippen LogP contribution in [0.4, 0.5) is 23.2 Å². The van der Waals surface area contributed by atoms with Crippen LogP contribution in [0.3, 0.4) is 0 Å². The summed E-state index contributed by atoms with van der Waals surface area (Å²) in [6.07, 6.45) is -3.83. The first-order chi connectivity index (χ1) is 17.6. The molecule has 5 rings (SSSR count). The van der Waals surface area contributed by atoms with Crippen molar-refractivity contribution in [1.29, 1.82) is 0 Å². The lowest BCUT2D eigenvalue weighted by Crippen LogP contribution is -2.29. The molecular formula is C23H23F4N7O2S. The number of hydrogen-bond donors (Lipinski definition) is 2. The third-order valence-corrected chi connectivity index (χ3v) is 7.28. The number of likely N-dealkylation sites (tertiary alicyclic amines) is 1. The maximum absolute atomic E-state index is 14.4. The molecule has 9 nitrogen and oxygen atoms in total. The van der Waals surface area contributed by atoms with E-state index in [2.05, 4.69) is 25.9 Å². The first-order valence-corrected chi connectivity index (χ1v) is 12.2. The van der Waals surface area contributed by atoms with E-state index in [1.165, 1.54) is 17.1 Å². The topological polar surface area (TPSA) is 101 Å². The van der Waals surface area contributed by atoms with Crippen LogP contribution in [-0.4, -0.2) is 69.3 Å². The van der Waals surface area contributed by atoms with Crippen LogP contribution < -0.4 is 10.6 Å². The van der Waals surface area contributed by atoms with Crippen LogP contribution in [0.1, 0.15) is 21.8 Å². The van der Waals surface area contributed by atoms with Crippen molar-refractivity contribution in [2.24, 2.45) is 7.05 Å². The van der Waals surface area contributed by atoms with E-state index in [1.807, 2.05) is 11.9 Å². The quantitative estimate of drug-likeness (QED) is 0.346. The van der Waals surface area contributed by atoms with Crippen LogP contribution in [0.15, 0.2) is 35.1 Å². The number of thiophene rings is 1. The number of anilines is 1. The molecule has 2 N–H and O–H groups in total. The maximum Gasteiger partial charge on any atom is 0.393 e. The Morgan fingerprint density at radius 3 is 2.76 bits per heavy atom. The molecule has 14 heteroatoms. The average Bonchev–Trinajstić information content (AvgIpc) is 3.60. The van der Waals surface area contributed by atoms with Gasteiger partial charge in [-0.25, -0.2) is 4.39 Å². The minimum absolute atomic E-state index is 0.0130. The van der Waals surface area contributed by atoms with E-state index in [0.717, 1.165) is 11.3 Å². The minimum Gasteiger partial charge on any atom is -0.377 e. The second kappa shape index (κ2) is 9.74. The molecule has 1 aliphatic rings. The van der Waals surface area contributed by atoms with Gasteiger partial charge in [-0.2, -0.15) is 23.3 Å². The van der Waals surface area contributed by atoms with Gasteiger partial charge in [0, 0.05) is 26.3 Å². The Hall–Kier alpha value is -3.52. The summed E-state index contributed by atoms with van der Waals surface area (Å²) < 4.78 is 62.3. The molecule has 3 aromatic heterocycles. The number of likely N-dealkylation sites (N-methyl/N-ethyl adjacent to an activating group) is 1.